The van der Waals surface area contributed by atoms with Crippen LogP contribution < -0.4 is 5.32 Å². The van der Waals surface area contributed by atoms with E-state index in [0.29, 0.717) is 15.5 Å². The topological polar surface area (TPSA) is 101 Å². The van der Waals surface area contributed by atoms with Gasteiger partial charge < -0.3 is 15.2 Å². The molecule has 114 valence electrons. The predicted octanol–water partition coefficient (Wildman–Crippen LogP) is 2.09. The van der Waals surface area contributed by atoms with Crippen molar-refractivity contribution in [1.82, 2.24) is 9.97 Å². The van der Waals surface area contributed by atoms with Crippen molar-refractivity contribution in [3.8, 4) is 0 Å². The van der Waals surface area contributed by atoms with Crippen LogP contribution in [-0.2, 0) is 9.53 Å². The smallest absolute Gasteiger partial charge is 0.348 e. The lowest BCUT2D eigenvalue weighted by Crippen LogP contribution is -2.09. The highest BCUT2D eigenvalue weighted by molar-refractivity contribution is 7.20. The minimum atomic E-state index is -0.889. The largest absolute Gasteiger partial charge is 0.481 e. The number of thiophene rings is 1. The van der Waals surface area contributed by atoms with Crippen LogP contribution in [0.5, 0.6) is 0 Å². The van der Waals surface area contributed by atoms with E-state index in [0.717, 1.165) is 10.9 Å². The molecule has 0 radical (unpaired) electrons. The number of aliphatic carboxylic acids is 1. The second-order valence-corrected chi connectivity index (χ2v) is 5.02. The third-order valence-corrected chi connectivity index (χ3v) is 3.91. The van der Waals surface area contributed by atoms with Crippen molar-refractivity contribution < 1.29 is 19.4 Å². The van der Waals surface area contributed by atoms with E-state index in [1.807, 2.05) is 0 Å². The monoisotopic (exact) mass is 331 g/mol. The number of methoxy groups -OCH3 is 1. The van der Waals surface area contributed by atoms with Crippen molar-refractivity contribution in [3.05, 3.63) is 16.8 Å². The highest BCUT2D eigenvalue weighted by atomic mass is 35.5. The first-order valence-electron chi connectivity index (χ1n) is 5.82. The molecule has 2 aromatic rings. The fourth-order valence-electron chi connectivity index (χ4n) is 1.78. The quantitative estimate of drug-likeness (QED) is 0.809. The number of carbonyl (C=O) groups is 2. The lowest BCUT2D eigenvalue weighted by molar-refractivity contribution is -0.136. The average Bonchev–Trinajstić information content (AvgIpc) is 2.76. The maximum atomic E-state index is 11.7. The number of carboxylic acids is 1. The van der Waals surface area contributed by atoms with Gasteiger partial charge in [0.2, 0.25) is 0 Å². The summed E-state index contributed by atoms with van der Waals surface area (Å²) in [4.78, 5) is 31.5. The molecule has 0 aliphatic carbocycles. The predicted molar refractivity (Wildman–Crippen MR) is 81.5 cm³/mol. The van der Waals surface area contributed by atoms with Crippen molar-refractivity contribution in [2.24, 2.45) is 0 Å². The molecule has 0 atom stereocenters. The van der Waals surface area contributed by atoms with Crippen LogP contribution in [0.4, 0.5) is 5.82 Å². The van der Waals surface area contributed by atoms with Crippen LogP contribution >= 0.6 is 23.7 Å². The molecule has 0 fully saturated rings. The van der Waals surface area contributed by atoms with Crippen molar-refractivity contribution >= 4 is 51.7 Å². The van der Waals surface area contributed by atoms with Crippen molar-refractivity contribution in [2.45, 2.75) is 13.3 Å². The summed E-state index contributed by atoms with van der Waals surface area (Å²) in [5.74, 6) is -0.776. The molecule has 0 spiro atoms. The highest BCUT2D eigenvalue weighted by Crippen LogP contribution is 2.33. The second-order valence-electron chi connectivity index (χ2n) is 4.02. The number of nitrogens with one attached hydrogen (secondary N) is 1. The molecule has 0 aromatic carbocycles. The van der Waals surface area contributed by atoms with Crippen molar-refractivity contribution in [2.75, 3.05) is 19.0 Å². The molecule has 2 aromatic heterocycles. The van der Waals surface area contributed by atoms with E-state index in [2.05, 4.69) is 15.3 Å². The highest BCUT2D eigenvalue weighted by Gasteiger charge is 2.19. The molecular formula is C12H14ClN3O4S. The number of carboxylic acid groups (broad SMARTS) is 1. The Morgan fingerprint density at radius 3 is 2.76 bits per heavy atom. The van der Waals surface area contributed by atoms with E-state index in [4.69, 9.17) is 9.84 Å². The van der Waals surface area contributed by atoms with Gasteiger partial charge in [0, 0.05) is 6.54 Å². The molecule has 0 bridgehead atoms. The molecule has 9 heteroatoms. The molecule has 0 aliphatic heterocycles. The summed E-state index contributed by atoms with van der Waals surface area (Å²) in [6.45, 7) is 2.04. The van der Waals surface area contributed by atoms with Crippen LogP contribution in [0.15, 0.2) is 6.33 Å². The number of aryl methyl sites for hydroxylation is 1. The van der Waals surface area contributed by atoms with E-state index in [1.54, 1.807) is 6.92 Å². The Bertz CT molecular complexity index is 674. The van der Waals surface area contributed by atoms with Gasteiger partial charge in [-0.1, -0.05) is 0 Å². The van der Waals surface area contributed by atoms with Gasteiger partial charge in [-0.2, -0.15) is 0 Å². The molecule has 0 amide bonds. The first kappa shape index (κ1) is 17.1. The number of rotatable bonds is 5. The van der Waals surface area contributed by atoms with E-state index in [-0.39, 0.29) is 25.4 Å². The van der Waals surface area contributed by atoms with Crippen LogP contribution in [0.25, 0.3) is 10.2 Å². The number of hydrogen-bond donors (Lipinski definition) is 2. The summed E-state index contributed by atoms with van der Waals surface area (Å²) in [6.07, 6.45) is 1.36. The van der Waals surface area contributed by atoms with Crippen LogP contribution in [0, 0.1) is 6.92 Å². The normalized spacial score (nSPS) is 10.0. The third-order valence-electron chi connectivity index (χ3n) is 2.73. The van der Waals surface area contributed by atoms with Crippen molar-refractivity contribution in [3.63, 3.8) is 0 Å². The van der Waals surface area contributed by atoms with Crippen molar-refractivity contribution in [1.29, 1.82) is 0 Å². The summed E-state index contributed by atoms with van der Waals surface area (Å²) in [7, 11) is 1.32. The maximum absolute atomic E-state index is 11.7. The molecule has 0 saturated heterocycles. The summed E-state index contributed by atoms with van der Waals surface area (Å²) in [5.41, 5.74) is 0.732. The lowest BCUT2D eigenvalue weighted by atomic mass is 10.2. The molecule has 7 nitrogen and oxygen atoms in total. The van der Waals surface area contributed by atoms with Gasteiger partial charge in [0.25, 0.3) is 0 Å². The number of nitrogens with zero attached hydrogens (tertiary/aromatic N) is 2. The number of anilines is 1. The Morgan fingerprint density at radius 2 is 2.14 bits per heavy atom. The standard InChI is InChI=1S/C12H13N3O4S.ClH/c1-6-8-10(13-4-3-7(16)17)14-5-15-11(8)20-9(6)12(18)19-2;/h5H,3-4H2,1-2H3,(H,16,17)(H,13,14,15);1H. The van der Waals surface area contributed by atoms with Gasteiger partial charge in [0.1, 0.15) is 21.9 Å². The number of aromatic nitrogens is 2. The first-order valence-corrected chi connectivity index (χ1v) is 6.64. The molecule has 2 rings (SSSR count). The first-order chi connectivity index (χ1) is 9.54. The zero-order chi connectivity index (χ0) is 14.7. The fourth-order valence-corrected chi connectivity index (χ4v) is 2.85. The van der Waals surface area contributed by atoms with Crippen LogP contribution in [0.2, 0.25) is 0 Å². The van der Waals surface area contributed by atoms with E-state index >= 15 is 0 Å². The molecule has 0 saturated carbocycles. The minimum absolute atomic E-state index is 0. The van der Waals surface area contributed by atoms with Gasteiger partial charge in [-0.25, -0.2) is 14.8 Å². The number of fused-ring (bicyclic) bond motifs is 1. The van der Waals surface area contributed by atoms with E-state index in [1.165, 1.54) is 24.8 Å². The average molecular weight is 332 g/mol. The molecule has 2 N–H and O–H groups in total. The molecule has 2 heterocycles. The summed E-state index contributed by atoms with van der Waals surface area (Å²) < 4.78 is 4.72. The number of halogens is 1. The van der Waals surface area contributed by atoms with Crippen LogP contribution in [0.1, 0.15) is 21.7 Å². The van der Waals surface area contributed by atoms with E-state index in [9.17, 15) is 9.59 Å². The number of esters is 1. The Kier molecular flexibility index (Phi) is 5.86. The van der Waals surface area contributed by atoms with Gasteiger partial charge in [-0.15, -0.1) is 23.7 Å². The fraction of sp³-hybridized carbons (Fsp3) is 0.333. The van der Waals surface area contributed by atoms with Gasteiger partial charge in [0.15, 0.2) is 0 Å². The summed E-state index contributed by atoms with van der Waals surface area (Å²) in [6, 6.07) is 0. The number of hydrogen-bond acceptors (Lipinski definition) is 7. The summed E-state index contributed by atoms with van der Waals surface area (Å²) in [5, 5.41) is 12.3. The van der Waals surface area contributed by atoms with Gasteiger partial charge in [0.05, 0.1) is 18.9 Å². The second kappa shape index (κ2) is 7.19. The Labute approximate surface area is 130 Å². The van der Waals surface area contributed by atoms with Crippen LogP contribution in [-0.4, -0.2) is 40.7 Å². The van der Waals surface area contributed by atoms with Gasteiger partial charge in [-0.05, 0) is 12.5 Å². The molecule has 0 unspecified atom stereocenters. The summed E-state index contributed by atoms with van der Waals surface area (Å²) >= 11 is 1.23. The molecule has 0 aliphatic rings. The Balaban J connectivity index is 0.00000220. The minimum Gasteiger partial charge on any atom is -0.481 e. The zero-order valence-electron chi connectivity index (χ0n) is 11.4. The molecular weight excluding hydrogens is 318 g/mol. The van der Waals surface area contributed by atoms with Crippen LogP contribution in [0.3, 0.4) is 0 Å². The third kappa shape index (κ3) is 3.59. The Hall–Kier alpha value is -1.93. The SMILES string of the molecule is COC(=O)c1sc2ncnc(NCCC(=O)O)c2c1C.Cl. The van der Waals surface area contributed by atoms with Gasteiger partial charge >= 0.3 is 11.9 Å². The number of carbonyl (C=O) groups excluding carboxylic acids is 1. The zero-order valence-corrected chi connectivity index (χ0v) is 13.0. The maximum Gasteiger partial charge on any atom is 0.348 e. The Morgan fingerprint density at radius 1 is 1.43 bits per heavy atom. The van der Waals surface area contributed by atoms with E-state index < -0.39 is 11.9 Å². The van der Waals surface area contributed by atoms with Gasteiger partial charge in [-0.3, -0.25) is 4.79 Å². The number of ether oxygens (including phenoxy) is 1. The lowest BCUT2D eigenvalue weighted by Gasteiger charge is -2.05. The molecule has 21 heavy (non-hydrogen) atoms.